The van der Waals surface area contributed by atoms with Gasteiger partial charge in [0.15, 0.2) is 11.5 Å². The van der Waals surface area contributed by atoms with Gasteiger partial charge in [-0.1, -0.05) is 6.07 Å². The van der Waals surface area contributed by atoms with Gasteiger partial charge in [-0.15, -0.1) is 0 Å². The van der Waals surface area contributed by atoms with Crippen molar-refractivity contribution in [2.24, 2.45) is 5.41 Å². The maximum absolute atomic E-state index is 12.7. The summed E-state index contributed by atoms with van der Waals surface area (Å²) in [5.41, 5.74) is 0.555. The number of carbonyl (C=O) groups excluding carboxylic acids is 1. The number of likely N-dealkylation sites (tertiary alicyclic amines) is 1. The first kappa shape index (κ1) is 14.2. The standard InChI is InChI=1S/C16H22N2O3/c1-21-13-5-2-4-12(14(13)19)15(20)18-9-3-6-16(11-18)7-8-17-10-16/h2,4-5,17,19H,3,6-11H2,1H3. The molecule has 1 amide bonds. The minimum Gasteiger partial charge on any atom is -0.504 e. The maximum atomic E-state index is 12.7. The molecule has 1 aromatic carbocycles. The van der Waals surface area contributed by atoms with Crippen molar-refractivity contribution in [2.45, 2.75) is 19.3 Å². The monoisotopic (exact) mass is 290 g/mol. The number of hydrogen-bond acceptors (Lipinski definition) is 4. The summed E-state index contributed by atoms with van der Waals surface area (Å²) in [6.45, 7) is 3.56. The number of phenols is 1. The SMILES string of the molecule is COc1cccc(C(=O)N2CCCC3(CCNC3)C2)c1O. The van der Waals surface area contributed by atoms with E-state index in [1.165, 1.54) is 13.5 Å². The van der Waals surface area contributed by atoms with Crippen LogP contribution in [0.2, 0.25) is 0 Å². The van der Waals surface area contributed by atoms with E-state index in [-0.39, 0.29) is 17.1 Å². The Morgan fingerprint density at radius 2 is 2.29 bits per heavy atom. The highest BCUT2D eigenvalue weighted by Gasteiger charge is 2.39. The topological polar surface area (TPSA) is 61.8 Å². The molecule has 1 aromatic rings. The summed E-state index contributed by atoms with van der Waals surface area (Å²) >= 11 is 0. The number of carbonyl (C=O) groups is 1. The van der Waals surface area contributed by atoms with Gasteiger partial charge in [0.25, 0.3) is 5.91 Å². The van der Waals surface area contributed by atoms with Gasteiger partial charge in [-0.3, -0.25) is 4.79 Å². The molecule has 2 N–H and O–H groups in total. The van der Waals surface area contributed by atoms with Gasteiger partial charge in [-0.25, -0.2) is 0 Å². The molecule has 114 valence electrons. The van der Waals surface area contributed by atoms with E-state index in [1.54, 1.807) is 18.2 Å². The van der Waals surface area contributed by atoms with E-state index in [2.05, 4.69) is 5.32 Å². The molecule has 0 saturated carbocycles. The first-order valence-corrected chi connectivity index (χ1v) is 7.51. The van der Waals surface area contributed by atoms with Crippen LogP contribution in [0.4, 0.5) is 0 Å². The molecular weight excluding hydrogens is 268 g/mol. The molecule has 2 aliphatic heterocycles. The molecule has 0 aromatic heterocycles. The summed E-state index contributed by atoms with van der Waals surface area (Å²) in [5.74, 6) is 0.182. The first-order valence-electron chi connectivity index (χ1n) is 7.51. The Morgan fingerprint density at radius 3 is 3.00 bits per heavy atom. The summed E-state index contributed by atoms with van der Waals surface area (Å²) in [5, 5.41) is 13.6. The van der Waals surface area contributed by atoms with Crippen molar-refractivity contribution in [2.75, 3.05) is 33.3 Å². The molecule has 3 rings (SSSR count). The summed E-state index contributed by atoms with van der Waals surface area (Å²) in [7, 11) is 1.49. The van der Waals surface area contributed by atoms with Crippen molar-refractivity contribution in [3.05, 3.63) is 23.8 Å². The molecule has 5 heteroatoms. The largest absolute Gasteiger partial charge is 0.504 e. The quantitative estimate of drug-likeness (QED) is 0.869. The highest BCUT2D eigenvalue weighted by molar-refractivity contribution is 5.97. The van der Waals surface area contributed by atoms with E-state index in [0.717, 1.165) is 39.0 Å². The zero-order valence-corrected chi connectivity index (χ0v) is 12.4. The Bertz CT molecular complexity index is 538. The molecule has 2 aliphatic rings. The molecule has 1 unspecified atom stereocenters. The van der Waals surface area contributed by atoms with Crippen LogP contribution in [0.25, 0.3) is 0 Å². The molecule has 1 atom stereocenters. The number of aromatic hydroxyl groups is 1. The second-order valence-electron chi connectivity index (χ2n) is 6.11. The van der Waals surface area contributed by atoms with Crippen LogP contribution < -0.4 is 10.1 Å². The van der Waals surface area contributed by atoms with Crippen LogP contribution in [0.5, 0.6) is 11.5 Å². The van der Waals surface area contributed by atoms with Crippen molar-refractivity contribution in [3.63, 3.8) is 0 Å². The third-order valence-corrected chi connectivity index (χ3v) is 4.73. The molecule has 1 spiro atoms. The second kappa shape index (κ2) is 5.56. The van der Waals surface area contributed by atoms with E-state index < -0.39 is 0 Å². The normalized spacial score (nSPS) is 25.3. The van der Waals surface area contributed by atoms with E-state index in [1.807, 2.05) is 4.90 Å². The van der Waals surface area contributed by atoms with E-state index in [0.29, 0.717) is 11.3 Å². The number of benzene rings is 1. The third kappa shape index (κ3) is 2.58. The van der Waals surface area contributed by atoms with Gasteiger partial charge >= 0.3 is 0 Å². The molecule has 0 radical (unpaired) electrons. The number of amides is 1. The van der Waals surface area contributed by atoms with Gasteiger partial charge in [0.05, 0.1) is 12.7 Å². The van der Waals surface area contributed by atoms with Crippen LogP contribution in [0.15, 0.2) is 18.2 Å². The van der Waals surface area contributed by atoms with Gasteiger partial charge < -0.3 is 20.1 Å². The van der Waals surface area contributed by atoms with Crippen molar-refractivity contribution in [3.8, 4) is 11.5 Å². The van der Waals surface area contributed by atoms with Crippen LogP contribution in [-0.4, -0.2) is 49.2 Å². The first-order chi connectivity index (χ1) is 10.2. The van der Waals surface area contributed by atoms with Gasteiger partial charge in [-0.05, 0) is 37.9 Å². The fourth-order valence-corrected chi connectivity index (χ4v) is 3.56. The third-order valence-electron chi connectivity index (χ3n) is 4.73. The van der Waals surface area contributed by atoms with Crippen LogP contribution in [0.1, 0.15) is 29.6 Å². The zero-order chi connectivity index (χ0) is 14.9. The van der Waals surface area contributed by atoms with Crippen molar-refractivity contribution < 1.29 is 14.6 Å². The average Bonchev–Trinajstić information content (AvgIpc) is 2.94. The molecule has 0 aliphatic carbocycles. The Balaban J connectivity index is 1.82. The van der Waals surface area contributed by atoms with Gasteiger partial charge in [0.1, 0.15) is 0 Å². The van der Waals surface area contributed by atoms with Crippen molar-refractivity contribution >= 4 is 5.91 Å². The highest BCUT2D eigenvalue weighted by atomic mass is 16.5. The number of rotatable bonds is 2. The fourth-order valence-electron chi connectivity index (χ4n) is 3.56. The highest BCUT2D eigenvalue weighted by Crippen LogP contribution is 2.37. The van der Waals surface area contributed by atoms with Crippen molar-refractivity contribution in [1.29, 1.82) is 0 Å². The summed E-state index contributed by atoms with van der Waals surface area (Å²) in [6.07, 6.45) is 3.33. The van der Waals surface area contributed by atoms with Gasteiger partial charge in [0, 0.05) is 25.0 Å². The van der Waals surface area contributed by atoms with E-state index in [4.69, 9.17) is 4.74 Å². The van der Waals surface area contributed by atoms with Gasteiger partial charge in [-0.2, -0.15) is 0 Å². The lowest BCUT2D eigenvalue weighted by molar-refractivity contribution is 0.0550. The number of hydrogen-bond donors (Lipinski definition) is 2. The minimum atomic E-state index is -0.0997. The summed E-state index contributed by atoms with van der Waals surface area (Å²) in [4.78, 5) is 14.6. The number of para-hydroxylation sites is 1. The molecule has 5 nitrogen and oxygen atoms in total. The summed E-state index contributed by atoms with van der Waals surface area (Å²) < 4.78 is 5.09. The Kier molecular flexibility index (Phi) is 3.76. The van der Waals surface area contributed by atoms with Crippen LogP contribution in [-0.2, 0) is 0 Å². The molecule has 2 fully saturated rings. The fraction of sp³-hybridized carbons (Fsp3) is 0.562. The number of nitrogens with one attached hydrogen (secondary N) is 1. The van der Waals surface area contributed by atoms with Crippen LogP contribution >= 0.6 is 0 Å². The number of methoxy groups -OCH3 is 1. The number of ether oxygens (including phenoxy) is 1. The average molecular weight is 290 g/mol. The number of nitrogens with zero attached hydrogens (tertiary/aromatic N) is 1. The van der Waals surface area contributed by atoms with E-state index >= 15 is 0 Å². The molecule has 21 heavy (non-hydrogen) atoms. The van der Waals surface area contributed by atoms with Crippen LogP contribution in [0, 0.1) is 5.41 Å². The zero-order valence-electron chi connectivity index (χ0n) is 12.4. The number of phenolic OH excluding ortho intramolecular Hbond substituents is 1. The lowest BCUT2D eigenvalue weighted by Crippen LogP contribution is -2.47. The molecular formula is C16H22N2O3. The molecule has 2 saturated heterocycles. The van der Waals surface area contributed by atoms with Crippen molar-refractivity contribution in [1.82, 2.24) is 10.2 Å². The smallest absolute Gasteiger partial charge is 0.257 e. The predicted octanol–water partition coefficient (Wildman–Crippen LogP) is 1.62. The minimum absolute atomic E-state index is 0.0610. The Morgan fingerprint density at radius 1 is 1.43 bits per heavy atom. The number of piperidine rings is 1. The lowest BCUT2D eigenvalue weighted by atomic mass is 9.79. The Hall–Kier alpha value is -1.75. The Labute approximate surface area is 124 Å². The van der Waals surface area contributed by atoms with Gasteiger partial charge in [0.2, 0.25) is 0 Å². The summed E-state index contributed by atoms with van der Waals surface area (Å²) in [6, 6.07) is 5.06. The lowest BCUT2D eigenvalue weighted by Gasteiger charge is -2.40. The molecule has 0 bridgehead atoms. The van der Waals surface area contributed by atoms with E-state index in [9.17, 15) is 9.90 Å². The second-order valence-corrected chi connectivity index (χ2v) is 6.11. The predicted molar refractivity (Wildman–Crippen MR) is 79.7 cm³/mol. The van der Waals surface area contributed by atoms with Crippen LogP contribution in [0.3, 0.4) is 0 Å². The molecule has 2 heterocycles. The maximum Gasteiger partial charge on any atom is 0.257 e.